The van der Waals surface area contributed by atoms with Crippen LogP contribution in [0.2, 0.25) is 0 Å². The summed E-state index contributed by atoms with van der Waals surface area (Å²) in [5.41, 5.74) is 0. The maximum absolute atomic E-state index is 4.32. The number of anilines is 1. The fraction of sp³-hybridized carbons (Fsp3) is 0.769. The summed E-state index contributed by atoms with van der Waals surface area (Å²) in [5.74, 6) is 5.15. The van der Waals surface area contributed by atoms with E-state index in [4.69, 9.17) is 0 Å². The molecular formula is C13H20N4. The Hall–Kier alpha value is -1.19. The van der Waals surface area contributed by atoms with Crippen molar-refractivity contribution in [2.75, 3.05) is 11.9 Å². The molecule has 0 aliphatic heterocycles. The number of hydrogen-bond donors (Lipinski definition) is 1. The Morgan fingerprint density at radius 1 is 1.06 bits per heavy atom. The van der Waals surface area contributed by atoms with Gasteiger partial charge in [-0.1, -0.05) is 6.42 Å². The summed E-state index contributed by atoms with van der Waals surface area (Å²) in [6, 6.07) is 0. The number of nitrogens with zero attached hydrogens (tertiary/aromatic N) is 3. The van der Waals surface area contributed by atoms with E-state index in [2.05, 4.69) is 20.3 Å². The highest BCUT2D eigenvalue weighted by Crippen LogP contribution is 2.48. The van der Waals surface area contributed by atoms with Crippen molar-refractivity contribution in [2.24, 2.45) is 17.8 Å². The van der Waals surface area contributed by atoms with Crippen LogP contribution in [0.25, 0.3) is 0 Å². The molecule has 3 atom stereocenters. The summed E-state index contributed by atoms with van der Waals surface area (Å²) < 4.78 is 0. The first-order chi connectivity index (χ1) is 8.20. The fourth-order valence-electron chi connectivity index (χ4n) is 3.54. The standard InChI is InChI=1S/C13H20N4/c1-8-15-9(2)17-13(16-8)14-7-12-6-10-3-4-11(12)5-10/h10-12H,3-7H2,1-2H3,(H,14,15,16,17). The number of hydrogen-bond acceptors (Lipinski definition) is 4. The lowest BCUT2D eigenvalue weighted by atomic mass is 9.89. The van der Waals surface area contributed by atoms with E-state index in [9.17, 15) is 0 Å². The molecule has 2 aliphatic carbocycles. The zero-order chi connectivity index (χ0) is 11.8. The first-order valence-corrected chi connectivity index (χ1v) is 6.64. The molecule has 92 valence electrons. The molecule has 3 rings (SSSR count). The first-order valence-electron chi connectivity index (χ1n) is 6.64. The highest BCUT2D eigenvalue weighted by Gasteiger charge is 2.39. The Morgan fingerprint density at radius 2 is 1.82 bits per heavy atom. The third kappa shape index (κ3) is 2.26. The van der Waals surface area contributed by atoms with Gasteiger partial charge in [-0.05, 0) is 50.9 Å². The molecule has 4 nitrogen and oxygen atoms in total. The van der Waals surface area contributed by atoms with Gasteiger partial charge in [0.2, 0.25) is 5.95 Å². The van der Waals surface area contributed by atoms with Crippen LogP contribution < -0.4 is 5.32 Å². The lowest BCUT2D eigenvalue weighted by Crippen LogP contribution is -2.21. The molecule has 2 aliphatic rings. The molecule has 0 amide bonds. The van der Waals surface area contributed by atoms with Crippen LogP contribution in [0.3, 0.4) is 0 Å². The lowest BCUT2D eigenvalue weighted by molar-refractivity contribution is 0.348. The predicted octanol–water partition coefficient (Wildman–Crippen LogP) is 2.34. The van der Waals surface area contributed by atoms with Crippen LogP contribution in [0.4, 0.5) is 5.95 Å². The van der Waals surface area contributed by atoms with Crippen molar-refractivity contribution >= 4 is 5.95 Å². The second-order valence-electron chi connectivity index (χ2n) is 5.57. The Bertz CT molecular complexity index is 398. The Kier molecular flexibility index (Phi) is 2.73. The molecule has 0 radical (unpaired) electrons. The zero-order valence-electron chi connectivity index (χ0n) is 10.6. The van der Waals surface area contributed by atoms with Crippen LogP contribution in [0.1, 0.15) is 37.3 Å². The van der Waals surface area contributed by atoms with Gasteiger partial charge in [-0.3, -0.25) is 0 Å². The SMILES string of the molecule is Cc1nc(C)nc(NCC2CC3CCC2C3)n1. The molecule has 17 heavy (non-hydrogen) atoms. The molecule has 3 unspecified atom stereocenters. The molecule has 0 aromatic carbocycles. The molecule has 0 spiro atoms. The van der Waals surface area contributed by atoms with Gasteiger partial charge in [-0.2, -0.15) is 9.97 Å². The average molecular weight is 232 g/mol. The molecule has 1 aromatic heterocycles. The minimum Gasteiger partial charge on any atom is -0.354 e. The average Bonchev–Trinajstić information content (AvgIpc) is 2.86. The van der Waals surface area contributed by atoms with Crippen LogP contribution in [0.5, 0.6) is 0 Å². The number of aromatic nitrogens is 3. The van der Waals surface area contributed by atoms with Crippen molar-refractivity contribution in [1.29, 1.82) is 0 Å². The number of fused-ring (bicyclic) bond motifs is 2. The molecular weight excluding hydrogens is 212 g/mol. The Morgan fingerprint density at radius 3 is 2.41 bits per heavy atom. The second kappa shape index (κ2) is 4.24. The van der Waals surface area contributed by atoms with Gasteiger partial charge in [0.15, 0.2) is 0 Å². The van der Waals surface area contributed by atoms with Gasteiger partial charge < -0.3 is 5.32 Å². The van der Waals surface area contributed by atoms with Crippen LogP contribution in [-0.4, -0.2) is 21.5 Å². The zero-order valence-corrected chi connectivity index (χ0v) is 10.6. The summed E-state index contributed by atoms with van der Waals surface area (Å²) in [4.78, 5) is 12.8. The van der Waals surface area contributed by atoms with E-state index >= 15 is 0 Å². The predicted molar refractivity (Wildman–Crippen MR) is 66.7 cm³/mol. The summed E-state index contributed by atoms with van der Waals surface area (Å²) in [6.07, 6.45) is 5.76. The van der Waals surface area contributed by atoms with Crippen molar-refractivity contribution < 1.29 is 0 Å². The van der Waals surface area contributed by atoms with Gasteiger partial charge >= 0.3 is 0 Å². The minimum absolute atomic E-state index is 0.748. The van der Waals surface area contributed by atoms with E-state index in [-0.39, 0.29) is 0 Å². The van der Waals surface area contributed by atoms with Crippen molar-refractivity contribution in [3.05, 3.63) is 11.6 Å². The lowest BCUT2D eigenvalue weighted by Gasteiger charge is -2.21. The summed E-state index contributed by atoms with van der Waals surface area (Å²) in [7, 11) is 0. The molecule has 4 heteroatoms. The summed E-state index contributed by atoms with van der Waals surface area (Å²) >= 11 is 0. The van der Waals surface area contributed by atoms with Crippen molar-refractivity contribution in [1.82, 2.24) is 15.0 Å². The molecule has 1 heterocycles. The van der Waals surface area contributed by atoms with E-state index in [1.165, 1.54) is 25.7 Å². The monoisotopic (exact) mass is 232 g/mol. The fourth-order valence-corrected chi connectivity index (χ4v) is 3.54. The van der Waals surface area contributed by atoms with Gasteiger partial charge in [-0.25, -0.2) is 4.98 Å². The van der Waals surface area contributed by atoms with Crippen molar-refractivity contribution in [3.8, 4) is 0 Å². The maximum atomic E-state index is 4.32. The van der Waals surface area contributed by atoms with E-state index in [0.29, 0.717) is 0 Å². The van der Waals surface area contributed by atoms with Gasteiger partial charge in [0.1, 0.15) is 11.6 Å². The number of aryl methyl sites for hydroxylation is 2. The largest absolute Gasteiger partial charge is 0.354 e. The Labute approximate surface area is 102 Å². The molecule has 2 saturated carbocycles. The quantitative estimate of drug-likeness (QED) is 0.869. The van der Waals surface area contributed by atoms with Crippen LogP contribution >= 0.6 is 0 Å². The first kappa shape index (κ1) is 10.9. The topological polar surface area (TPSA) is 50.7 Å². The normalized spacial score (nSPS) is 30.8. The minimum atomic E-state index is 0.748. The molecule has 2 fully saturated rings. The van der Waals surface area contributed by atoms with Crippen LogP contribution in [0.15, 0.2) is 0 Å². The van der Waals surface area contributed by atoms with Crippen molar-refractivity contribution in [3.63, 3.8) is 0 Å². The van der Waals surface area contributed by atoms with Crippen molar-refractivity contribution in [2.45, 2.75) is 39.5 Å². The van der Waals surface area contributed by atoms with Gasteiger partial charge in [-0.15, -0.1) is 0 Å². The van der Waals surface area contributed by atoms with Crippen LogP contribution in [-0.2, 0) is 0 Å². The second-order valence-corrected chi connectivity index (χ2v) is 5.57. The summed E-state index contributed by atoms with van der Waals surface area (Å²) in [5, 5.41) is 3.39. The third-order valence-electron chi connectivity index (χ3n) is 4.27. The van der Waals surface area contributed by atoms with Gasteiger partial charge in [0.05, 0.1) is 0 Å². The third-order valence-corrected chi connectivity index (χ3v) is 4.27. The maximum Gasteiger partial charge on any atom is 0.226 e. The van der Waals surface area contributed by atoms with E-state index < -0.39 is 0 Å². The Balaban J connectivity index is 1.60. The van der Waals surface area contributed by atoms with E-state index in [0.717, 1.165) is 41.9 Å². The van der Waals surface area contributed by atoms with Crippen LogP contribution in [0, 0.1) is 31.6 Å². The summed E-state index contributed by atoms with van der Waals surface area (Å²) in [6.45, 7) is 4.86. The molecule has 1 aromatic rings. The highest BCUT2D eigenvalue weighted by molar-refractivity contribution is 5.24. The van der Waals surface area contributed by atoms with E-state index in [1.807, 2.05) is 13.8 Å². The molecule has 0 saturated heterocycles. The molecule has 1 N–H and O–H groups in total. The number of rotatable bonds is 3. The smallest absolute Gasteiger partial charge is 0.226 e. The van der Waals surface area contributed by atoms with Gasteiger partial charge in [0.25, 0.3) is 0 Å². The van der Waals surface area contributed by atoms with E-state index in [1.54, 1.807) is 0 Å². The molecule has 2 bridgehead atoms. The van der Waals surface area contributed by atoms with Gasteiger partial charge in [0, 0.05) is 6.54 Å². The highest BCUT2D eigenvalue weighted by atomic mass is 15.1. The number of nitrogens with one attached hydrogen (secondary N) is 1.